The molecular formula is C5H6N4S. The van der Waals surface area contributed by atoms with Crippen molar-refractivity contribution in [3.63, 3.8) is 0 Å². The molecule has 5 heteroatoms. The molecule has 0 atom stereocenters. The van der Waals surface area contributed by atoms with Gasteiger partial charge in [-0.25, -0.2) is 0 Å². The van der Waals surface area contributed by atoms with E-state index in [2.05, 4.69) is 15.2 Å². The fraction of sp³-hybridized carbons (Fsp3) is 0.200. The lowest BCUT2D eigenvalue weighted by atomic mass is 10.4. The van der Waals surface area contributed by atoms with Gasteiger partial charge in [0.1, 0.15) is 11.2 Å². The second-order valence-corrected chi connectivity index (χ2v) is 2.38. The van der Waals surface area contributed by atoms with Crippen LogP contribution in [0.25, 0.3) is 0 Å². The average Bonchev–Trinajstić information content (AvgIpc) is 2.38. The third-order valence-corrected chi connectivity index (χ3v) is 1.57. The fourth-order valence-corrected chi connectivity index (χ4v) is 0.943. The van der Waals surface area contributed by atoms with Gasteiger partial charge < -0.3 is 0 Å². The Morgan fingerprint density at radius 2 is 2.70 bits per heavy atom. The first kappa shape index (κ1) is 7.01. The summed E-state index contributed by atoms with van der Waals surface area (Å²) in [6, 6.07) is 0. The second-order valence-electron chi connectivity index (χ2n) is 1.54. The monoisotopic (exact) mass is 154 g/mol. The molecule has 0 radical (unpaired) electrons. The summed E-state index contributed by atoms with van der Waals surface area (Å²) in [5.74, 6) is 0. The molecule has 0 bridgehead atoms. The van der Waals surface area contributed by atoms with E-state index in [0.29, 0.717) is 10.7 Å². The number of nitrogens with one attached hydrogen (secondary N) is 1. The van der Waals surface area contributed by atoms with E-state index in [4.69, 9.17) is 5.41 Å². The number of hydrogen-bond acceptors (Lipinski definition) is 5. The highest BCUT2D eigenvalue weighted by Gasteiger charge is 1.99. The van der Waals surface area contributed by atoms with Crippen molar-refractivity contribution >= 4 is 23.3 Å². The Kier molecular flexibility index (Phi) is 2.22. The molecule has 0 aliphatic carbocycles. The number of aromatic nitrogens is 2. The van der Waals surface area contributed by atoms with Crippen LogP contribution in [-0.4, -0.2) is 29.2 Å². The zero-order valence-electron chi connectivity index (χ0n) is 5.40. The van der Waals surface area contributed by atoms with E-state index >= 15 is 0 Å². The molecule has 0 aliphatic rings. The SMILES string of the molecule is C/N=C\C(=N)c1nncs1. The molecule has 52 valence electrons. The van der Waals surface area contributed by atoms with E-state index in [0.717, 1.165) is 0 Å². The maximum Gasteiger partial charge on any atom is 0.166 e. The minimum Gasteiger partial charge on any atom is -0.296 e. The summed E-state index contributed by atoms with van der Waals surface area (Å²) in [5, 5.41) is 15.2. The van der Waals surface area contributed by atoms with Crippen LogP contribution in [0.1, 0.15) is 5.01 Å². The Labute approximate surface area is 62.2 Å². The van der Waals surface area contributed by atoms with E-state index in [1.54, 1.807) is 12.6 Å². The lowest BCUT2D eigenvalue weighted by Crippen LogP contribution is -1.98. The predicted molar refractivity (Wildman–Crippen MR) is 41.2 cm³/mol. The smallest absolute Gasteiger partial charge is 0.166 e. The van der Waals surface area contributed by atoms with Crippen LogP contribution in [0.5, 0.6) is 0 Å². The molecule has 1 aromatic heterocycles. The van der Waals surface area contributed by atoms with Crippen LogP contribution < -0.4 is 0 Å². The van der Waals surface area contributed by atoms with Gasteiger partial charge in [-0.15, -0.1) is 10.2 Å². The highest BCUT2D eigenvalue weighted by Crippen LogP contribution is 1.99. The van der Waals surface area contributed by atoms with Gasteiger partial charge in [0.15, 0.2) is 5.01 Å². The van der Waals surface area contributed by atoms with Crippen molar-refractivity contribution < 1.29 is 0 Å². The van der Waals surface area contributed by atoms with E-state index < -0.39 is 0 Å². The van der Waals surface area contributed by atoms with Gasteiger partial charge in [0.05, 0.1) is 0 Å². The lowest BCUT2D eigenvalue weighted by molar-refractivity contribution is 1.08. The molecule has 0 amide bonds. The molecule has 0 aliphatic heterocycles. The van der Waals surface area contributed by atoms with Gasteiger partial charge >= 0.3 is 0 Å². The first-order chi connectivity index (χ1) is 4.84. The average molecular weight is 154 g/mol. The molecule has 1 N–H and O–H groups in total. The summed E-state index contributed by atoms with van der Waals surface area (Å²) in [7, 11) is 1.62. The van der Waals surface area contributed by atoms with Crippen LogP contribution >= 0.6 is 11.3 Å². The first-order valence-electron chi connectivity index (χ1n) is 2.62. The van der Waals surface area contributed by atoms with Gasteiger partial charge in [-0.2, -0.15) is 0 Å². The molecular weight excluding hydrogens is 148 g/mol. The zero-order chi connectivity index (χ0) is 7.40. The van der Waals surface area contributed by atoms with E-state index in [-0.39, 0.29) is 0 Å². The zero-order valence-corrected chi connectivity index (χ0v) is 6.22. The molecule has 1 rings (SSSR count). The highest BCUT2D eigenvalue weighted by atomic mass is 32.1. The maximum atomic E-state index is 7.30. The molecule has 0 fully saturated rings. The van der Waals surface area contributed by atoms with Crippen molar-refractivity contribution in [3.05, 3.63) is 10.5 Å². The van der Waals surface area contributed by atoms with Crippen molar-refractivity contribution in [2.24, 2.45) is 4.99 Å². The molecule has 0 aromatic carbocycles. The Bertz CT molecular complexity index is 238. The van der Waals surface area contributed by atoms with Gasteiger partial charge in [0.2, 0.25) is 0 Å². The predicted octanol–water partition coefficient (Wildman–Crippen LogP) is 0.607. The summed E-state index contributed by atoms with van der Waals surface area (Å²) < 4.78 is 0. The van der Waals surface area contributed by atoms with Crippen LogP contribution in [0, 0.1) is 5.41 Å². The van der Waals surface area contributed by atoms with Crippen LogP contribution in [0.2, 0.25) is 0 Å². The molecule has 4 nitrogen and oxygen atoms in total. The number of aliphatic imine (C=N–C) groups is 1. The topological polar surface area (TPSA) is 62.0 Å². The van der Waals surface area contributed by atoms with Gasteiger partial charge in [-0.1, -0.05) is 11.3 Å². The largest absolute Gasteiger partial charge is 0.296 e. The van der Waals surface area contributed by atoms with Crippen molar-refractivity contribution in [2.75, 3.05) is 7.05 Å². The van der Waals surface area contributed by atoms with Gasteiger partial charge in [-0.3, -0.25) is 10.4 Å². The van der Waals surface area contributed by atoms with Crippen molar-refractivity contribution in [1.29, 1.82) is 5.41 Å². The quantitative estimate of drug-likeness (QED) is 0.634. The first-order valence-corrected chi connectivity index (χ1v) is 3.50. The fourth-order valence-electron chi connectivity index (χ4n) is 0.475. The third kappa shape index (κ3) is 1.44. The number of hydrogen-bond donors (Lipinski definition) is 1. The summed E-state index contributed by atoms with van der Waals surface area (Å²) in [6.07, 6.45) is 1.44. The summed E-state index contributed by atoms with van der Waals surface area (Å²) in [4.78, 5) is 3.68. The molecule has 1 aromatic rings. The molecule has 0 unspecified atom stereocenters. The summed E-state index contributed by atoms with van der Waals surface area (Å²) in [5.41, 5.74) is 1.90. The summed E-state index contributed by atoms with van der Waals surface area (Å²) >= 11 is 1.33. The Balaban J connectivity index is 2.78. The number of rotatable bonds is 2. The standard InChI is InChI=1S/C5H6N4S/c1-7-2-4(6)5-9-8-3-10-5/h2-3,6H,1H3/b6-4?,7-2-. The van der Waals surface area contributed by atoms with E-state index in [1.807, 2.05) is 0 Å². The Morgan fingerprint density at radius 1 is 1.90 bits per heavy atom. The van der Waals surface area contributed by atoms with Gasteiger partial charge in [0, 0.05) is 13.3 Å². The Hall–Kier alpha value is -1.10. The van der Waals surface area contributed by atoms with Crippen LogP contribution in [0.3, 0.4) is 0 Å². The molecule has 0 saturated carbocycles. The van der Waals surface area contributed by atoms with Crippen molar-refractivity contribution in [1.82, 2.24) is 10.2 Å². The minimum absolute atomic E-state index is 0.310. The highest BCUT2D eigenvalue weighted by molar-refractivity contribution is 7.12. The van der Waals surface area contributed by atoms with E-state index in [9.17, 15) is 0 Å². The third-order valence-electron chi connectivity index (χ3n) is 0.849. The Morgan fingerprint density at radius 3 is 3.20 bits per heavy atom. The molecule has 10 heavy (non-hydrogen) atoms. The molecule has 0 saturated heterocycles. The van der Waals surface area contributed by atoms with Crippen LogP contribution in [0.15, 0.2) is 10.5 Å². The van der Waals surface area contributed by atoms with Crippen LogP contribution in [-0.2, 0) is 0 Å². The molecule has 0 spiro atoms. The lowest BCUT2D eigenvalue weighted by Gasteiger charge is -1.84. The number of nitrogens with zero attached hydrogens (tertiary/aromatic N) is 3. The summed E-state index contributed by atoms with van der Waals surface area (Å²) in [6.45, 7) is 0. The van der Waals surface area contributed by atoms with E-state index in [1.165, 1.54) is 17.6 Å². The minimum atomic E-state index is 0.310. The van der Waals surface area contributed by atoms with Crippen molar-refractivity contribution in [2.45, 2.75) is 0 Å². The van der Waals surface area contributed by atoms with Crippen LogP contribution in [0.4, 0.5) is 0 Å². The van der Waals surface area contributed by atoms with Crippen molar-refractivity contribution in [3.8, 4) is 0 Å². The normalized spacial score (nSPS) is 10.5. The van der Waals surface area contributed by atoms with Gasteiger partial charge in [0.25, 0.3) is 0 Å². The maximum absolute atomic E-state index is 7.30. The van der Waals surface area contributed by atoms with Gasteiger partial charge in [-0.05, 0) is 0 Å². The molecule has 1 heterocycles. The second kappa shape index (κ2) is 3.17.